The minimum absolute atomic E-state index is 0.364. The number of anilines is 1. The first kappa shape index (κ1) is 22.6. The molecule has 188 valence electrons. The van der Waals surface area contributed by atoms with Crippen LogP contribution in [0.25, 0.3) is 47.7 Å². The summed E-state index contributed by atoms with van der Waals surface area (Å²) in [6.07, 6.45) is 16.4. The summed E-state index contributed by atoms with van der Waals surface area (Å²) in [5.74, 6) is 0.364. The van der Waals surface area contributed by atoms with Crippen LogP contribution in [0.15, 0.2) is 125 Å². The minimum atomic E-state index is 0.364. The van der Waals surface area contributed by atoms with Gasteiger partial charge < -0.3 is 9.73 Å². The summed E-state index contributed by atoms with van der Waals surface area (Å²) in [6, 6.07) is 28.3. The summed E-state index contributed by atoms with van der Waals surface area (Å²) in [6.45, 7) is 0. The number of hydrogen-bond acceptors (Lipinski definition) is 3. The van der Waals surface area contributed by atoms with Gasteiger partial charge in [0.15, 0.2) is 0 Å². The van der Waals surface area contributed by atoms with E-state index in [-0.39, 0.29) is 0 Å². The fourth-order valence-corrected chi connectivity index (χ4v) is 7.51. The van der Waals surface area contributed by atoms with Crippen molar-refractivity contribution < 1.29 is 4.42 Å². The molecule has 0 fully saturated rings. The molecule has 0 radical (unpaired) electrons. The van der Waals surface area contributed by atoms with Crippen molar-refractivity contribution in [3.8, 4) is 0 Å². The summed E-state index contributed by atoms with van der Waals surface area (Å²) < 4.78 is 9.09. The SMILES string of the molecule is C1=CCC(c2cccc3oc4cccc(NC5=CC=C(c6cccc7c6sc6ccccc67)CC5)c4c23)C=C1. The Kier molecular flexibility index (Phi) is 5.31. The Labute approximate surface area is 231 Å². The number of hydrogen-bond donors (Lipinski definition) is 1. The van der Waals surface area contributed by atoms with Gasteiger partial charge in [-0.25, -0.2) is 0 Å². The van der Waals surface area contributed by atoms with Gasteiger partial charge in [0, 0.05) is 37.2 Å². The van der Waals surface area contributed by atoms with Crippen LogP contribution in [0, 0.1) is 0 Å². The molecule has 8 rings (SSSR count). The van der Waals surface area contributed by atoms with Gasteiger partial charge in [0.1, 0.15) is 11.2 Å². The minimum Gasteiger partial charge on any atom is -0.456 e. The van der Waals surface area contributed by atoms with Crippen molar-refractivity contribution in [2.75, 3.05) is 5.32 Å². The van der Waals surface area contributed by atoms with Gasteiger partial charge in [-0.2, -0.15) is 0 Å². The first-order valence-corrected chi connectivity index (χ1v) is 14.5. The van der Waals surface area contributed by atoms with Gasteiger partial charge >= 0.3 is 0 Å². The van der Waals surface area contributed by atoms with Crippen molar-refractivity contribution in [3.63, 3.8) is 0 Å². The summed E-state index contributed by atoms with van der Waals surface area (Å²) >= 11 is 1.91. The van der Waals surface area contributed by atoms with E-state index in [0.29, 0.717) is 5.92 Å². The van der Waals surface area contributed by atoms with Gasteiger partial charge in [0.05, 0.1) is 11.1 Å². The van der Waals surface area contributed by atoms with E-state index in [4.69, 9.17) is 4.42 Å². The van der Waals surface area contributed by atoms with Crippen LogP contribution in [0.2, 0.25) is 0 Å². The zero-order valence-corrected chi connectivity index (χ0v) is 22.3. The molecule has 1 unspecified atom stereocenters. The van der Waals surface area contributed by atoms with Crippen molar-refractivity contribution in [1.29, 1.82) is 0 Å². The standard InChI is InChI=1S/C36H27NOS/c1-2-9-23(10-3-1)26-12-7-16-31-34(26)35-30(15-8-17-32(35)38-31)37-25-21-19-24(20-22-25)27-13-6-14-29-28-11-4-5-18-33(28)39-36(27)29/h1-9,11-19,21,23,37H,10,20,22H2. The largest absolute Gasteiger partial charge is 0.456 e. The lowest BCUT2D eigenvalue weighted by molar-refractivity contribution is 0.668. The third-order valence-electron chi connectivity index (χ3n) is 8.13. The Morgan fingerprint density at radius 3 is 2.46 bits per heavy atom. The highest BCUT2D eigenvalue weighted by Gasteiger charge is 2.20. The maximum atomic E-state index is 6.34. The van der Waals surface area contributed by atoms with E-state index in [2.05, 4.69) is 121 Å². The van der Waals surface area contributed by atoms with Crippen LogP contribution < -0.4 is 5.32 Å². The third-order valence-corrected chi connectivity index (χ3v) is 9.35. The molecule has 39 heavy (non-hydrogen) atoms. The Balaban J connectivity index is 1.18. The summed E-state index contributed by atoms with van der Waals surface area (Å²) in [5.41, 5.74) is 8.34. The highest BCUT2D eigenvalue weighted by molar-refractivity contribution is 7.26. The van der Waals surface area contributed by atoms with Gasteiger partial charge in [-0.3, -0.25) is 0 Å². The van der Waals surface area contributed by atoms with E-state index in [1.165, 1.54) is 53.3 Å². The molecule has 0 amide bonds. The molecule has 1 N–H and O–H groups in total. The van der Waals surface area contributed by atoms with Crippen LogP contribution in [-0.4, -0.2) is 0 Å². The molecule has 2 heterocycles. The van der Waals surface area contributed by atoms with E-state index >= 15 is 0 Å². The van der Waals surface area contributed by atoms with Crippen LogP contribution in [0.3, 0.4) is 0 Å². The van der Waals surface area contributed by atoms with Crippen LogP contribution >= 0.6 is 11.3 Å². The molecule has 0 bridgehead atoms. The highest BCUT2D eigenvalue weighted by Crippen LogP contribution is 2.42. The van der Waals surface area contributed by atoms with Gasteiger partial charge in [-0.1, -0.05) is 85.0 Å². The maximum absolute atomic E-state index is 6.34. The second-order valence-electron chi connectivity index (χ2n) is 10.4. The fraction of sp³-hybridized carbons (Fsp3) is 0.111. The number of thiophene rings is 1. The Hall–Kier alpha value is -4.34. The number of fused-ring (bicyclic) bond motifs is 6. The third kappa shape index (κ3) is 3.77. The number of benzene rings is 4. The highest BCUT2D eigenvalue weighted by atomic mass is 32.1. The van der Waals surface area contributed by atoms with Crippen molar-refractivity contribution in [2.45, 2.75) is 25.2 Å². The van der Waals surface area contributed by atoms with Crippen molar-refractivity contribution in [3.05, 3.63) is 132 Å². The van der Waals surface area contributed by atoms with E-state index in [9.17, 15) is 0 Å². The molecule has 0 saturated heterocycles. The molecule has 2 aliphatic carbocycles. The zero-order chi connectivity index (χ0) is 25.8. The Morgan fingerprint density at radius 1 is 0.744 bits per heavy atom. The first-order chi connectivity index (χ1) is 19.3. The quantitative estimate of drug-likeness (QED) is 0.250. The lowest BCUT2D eigenvalue weighted by Gasteiger charge is -2.18. The number of furan rings is 1. The predicted octanol–water partition coefficient (Wildman–Crippen LogP) is 10.7. The smallest absolute Gasteiger partial charge is 0.137 e. The summed E-state index contributed by atoms with van der Waals surface area (Å²) in [5, 5.41) is 8.91. The maximum Gasteiger partial charge on any atom is 0.137 e. The predicted molar refractivity (Wildman–Crippen MR) is 168 cm³/mol. The Morgan fingerprint density at radius 2 is 1.59 bits per heavy atom. The molecule has 2 aliphatic rings. The van der Waals surface area contributed by atoms with Crippen LogP contribution in [-0.2, 0) is 0 Å². The van der Waals surface area contributed by atoms with Gasteiger partial charge in [-0.05, 0) is 66.3 Å². The molecule has 2 nitrogen and oxygen atoms in total. The van der Waals surface area contributed by atoms with Gasteiger partial charge in [0.25, 0.3) is 0 Å². The topological polar surface area (TPSA) is 25.2 Å². The summed E-state index contributed by atoms with van der Waals surface area (Å²) in [7, 11) is 0. The molecule has 0 aliphatic heterocycles. The monoisotopic (exact) mass is 521 g/mol. The van der Waals surface area contributed by atoms with Gasteiger partial charge in [0.2, 0.25) is 0 Å². The fourth-order valence-electron chi connectivity index (χ4n) is 6.26. The molecule has 2 aromatic heterocycles. The zero-order valence-electron chi connectivity index (χ0n) is 21.5. The van der Waals surface area contributed by atoms with Crippen LogP contribution in [0.1, 0.15) is 36.3 Å². The van der Waals surface area contributed by atoms with E-state index < -0.39 is 0 Å². The van der Waals surface area contributed by atoms with Crippen molar-refractivity contribution >= 4 is 64.7 Å². The van der Waals surface area contributed by atoms with Crippen LogP contribution in [0.4, 0.5) is 5.69 Å². The molecule has 0 saturated carbocycles. The second kappa shape index (κ2) is 9.14. The first-order valence-electron chi connectivity index (χ1n) is 13.7. The number of allylic oxidation sites excluding steroid dienone is 8. The van der Waals surface area contributed by atoms with E-state index in [1.807, 2.05) is 11.3 Å². The van der Waals surface area contributed by atoms with Crippen molar-refractivity contribution in [1.82, 2.24) is 0 Å². The average molecular weight is 522 g/mol. The number of nitrogens with one attached hydrogen (secondary N) is 1. The molecule has 1 atom stereocenters. The normalized spacial score (nSPS) is 17.3. The number of rotatable bonds is 4. The van der Waals surface area contributed by atoms with Crippen molar-refractivity contribution in [2.24, 2.45) is 0 Å². The molecule has 0 spiro atoms. The Bertz CT molecular complexity index is 2030. The molecule has 4 aromatic carbocycles. The van der Waals surface area contributed by atoms with E-state index in [0.717, 1.165) is 36.1 Å². The molecular weight excluding hydrogens is 494 g/mol. The van der Waals surface area contributed by atoms with Gasteiger partial charge in [-0.15, -0.1) is 11.3 Å². The second-order valence-corrected chi connectivity index (χ2v) is 11.5. The lowest BCUT2D eigenvalue weighted by atomic mass is 9.89. The summed E-state index contributed by atoms with van der Waals surface area (Å²) in [4.78, 5) is 0. The molecule has 6 aromatic rings. The average Bonchev–Trinajstić information content (AvgIpc) is 3.57. The lowest BCUT2D eigenvalue weighted by Crippen LogP contribution is -2.04. The van der Waals surface area contributed by atoms with Crippen LogP contribution in [0.5, 0.6) is 0 Å². The molecular formula is C36H27NOS. The van der Waals surface area contributed by atoms with E-state index in [1.54, 1.807) is 0 Å². The molecule has 3 heteroatoms.